The molecule has 4 heterocycles. The number of allylic oxidation sites excluding steroid dienone is 1. The van der Waals surface area contributed by atoms with Gasteiger partial charge in [0.2, 0.25) is 0 Å². The number of nitro groups is 1. The molecule has 14 nitrogen and oxygen atoms in total. The van der Waals surface area contributed by atoms with Crippen LogP contribution in [0.2, 0.25) is 5.02 Å². The summed E-state index contributed by atoms with van der Waals surface area (Å²) in [7, 11) is -4.56. The van der Waals surface area contributed by atoms with Crippen molar-refractivity contribution in [2.45, 2.75) is 50.8 Å². The van der Waals surface area contributed by atoms with E-state index in [2.05, 4.69) is 67.3 Å². The fourth-order valence-corrected chi connectivity index (χ4v) is 9.90. The number of aromatic amines is 1. The van der Waals surface area contributed by atoms with Crippen LogP contribution < -0.4 is 19.7 Å². The summed E-state index contributed by atoms with van der Waals surface area (Å²) in [6.07, 6.45) is 10.1. The number of nitro benzene ring substituents is 1. The number of sulfonamides is 1. The minimum absolute atomic E-state index is 0.0349. The van der Waals surface area contributed by atoms with E-state index in [0.717, 1.165) is 100 Å². The maximum Gasteiger partial charge on any atom is 0.293 e. The van der Waals surface area contributed by atoms with Crippen LogP contribution >= 0.6 is 11.6 Å². The summed E-state index contributed by atoms with van der Waals surface area (Å²) < 4.78 is 35.9. The third-order valence-corrected chi connectivity index (χ3v) is 14.1. The molecule has 0 spiro atoms. The van der Waals surface area contributed by atoms with Crippen molar-refractivity contribution in [3.8, 4) is 11.5 Å². The first-order valence-electron chi connectivity index (χ1n) is 21.4. The summed E-state index contributed by atoms with van der Waals surface area (Å²) in [5.41, 5.74) is 5.57. The summed E-state index contributed by atoms with van der Waals surface area (Å²) in [4.78, 5) is 39.4. The zero-order chi connectivity index (χ0) is 44.3. The van der Waals surface area contributed by atoms with Gasteiger partial charge in [0, 0.05) is 86.8 Å². The second-order valence-electron chi connectivity index (χ2n) is 17.5. The monoisotopic (exact) mass is 892 g/mol. The van der Waals surface area contributed by atoms with E-state index in [9.17, 15) is 23.3 Å². The molecule has 63 heavy (non-hydrogen) atoms. The van der Waals surface area contributed by atoms with E-state index in [4.69, 9.17) is 16.3 Å². The molecular formula is C47H53ClN8O6S. The van der Waals surface area contributed by atoms with Gasteiger partial charge in [-0.05, 0) is 109 Å². The lowest BCUT2D eigenvalue weighted by atomic mass is 9.72. The molecule has 0 radical (unpaired) electrons. The number of aromatic nitrogens is 2. The minimum atomic E-state index is -4.56. The summed E-state index contributed by atoms with van der Waals surface area (Å²) in [6.45, 7) is 14.7. The minimum Gasteiger partial charge on any atom is -0.455 e. The number of likely N-dealkylation sites (tertiary alicyclic amines) is 1. The number of pyridine rings is 1. The van der Waals surface area contributed by atoms with Crippen LogP contribution in [0.25, 0.3) is 16.6 Å². The number of piperidine rings is 1. The molecule has 1 amide bonds. The molecule has 330 valence electrons. The van der Waals surface area contributed by atoms with Crippen LogP contribution in [-0.4, -0.2) is 91.4 Å². The van der Waals surface area contributed by atoms with Crippen LogP contribution in [0.15, 0.2) is 108 Å². The Morgan fingerprint density at radius 3 is 2.52 bits per heavy atom. The highest BCUT2D eigenvalue weighted by molar-refractivity contribution is 7.90. The second kappa shape index (κ2) is 18.4. The summed E-state index contributed by atoms with van der Waals surface area (Å²) in [5.74, 6) is -0.172. The van der Waals surface area contributed by atoms with Gasteiger partial charge in [-0.25, -0.2) is 18.1 Å². The maximum atomic E-state index is 14.0. The van der Waals surface area contributed by atoms with E-state index < -0.39 is 31.4 Å². The number of piperazine rings is 1. The lowest BCUT2D eigenvalue weighted by Gasteiger charge is -2.39. The highest BCUT2D eigenvalue weighted by Gasteiger charge is 2.31. The van der Waals surface area contributed by atoms with Crippen molar-refractivity contribution in [1.29, 1.82) is 0 Å². The van der Waals surface area contributed by atoms with Crippen molar-refractivity contribution < 1.29 is 22.9 Å². The molecule has 8 rings (SSSR count). The number of hydrogen-bond acceptors (Lipinski definition) is 11. The Kier molecular flexibility index (Phi) is 12.8. The zero-order valence-corrected chi connectivity index (χ0v) is 37.2. The van der Waals surface area contributed by atoms with Crippen LogP contribution in [0.5, 0.6) is 11.5 Å². The number of anilines is 2. The lowest BCUT2D eigenvalue weighted by Crippen LogP contribution is -2.47. The number of carbonyl (C=O) groups is 1. The Morgan fingerprint density at radius 2 is 1.79 bits per heavy atom. The molecule has 2 aromatic heterocycles. The molecule has 1 aliphatic carbocycles. The molecule has 3 aliphatic rings. The molecule has 3 aromatic carbocycles. The van der Waals surface area contributed by atoms with Gasteiger partial charge >= 0.3 is 0 Å². The third kappa shape index (κ3) is 10.3. The number of nitrogens with one attached hydrogen (secondary N) is 3. The Hall–Kier alpha value is -5.90. The molecule has 3 N–H and O–H groups in total. The molecule has 0 atom stereocenters. The molecule has 5 aromatic rings. The van der Waals surface area contributed by atoms with Gasteiger partial charge in [-0.15, -0.1) is 0 Å². The molecule has 0 saturated carbocycles. The Bertz CT molecular complexity index is 2650. The summed E-state index contributed by atoms with van der Waals surface area (Å²) >= 11 is 6.24. The Morgan fingerprint density at radius 1 is 1.03 bits per heavy atom. The number of amides is 1. The van der Waals surface area contributed by atoms with E-state index in [-0.39, 0.29) is 22.4 Å². The van der Waals surface area contributed by atoms with Gasteiger partial charge in [-0.2, -0.15) is 0 Å². The molecule has 2 saturated heterocycles. The second-order valence-corrected chi connectivity index (χ2v) is 19.6. The van der Waals surface area contributed by atoms with Crippen LogP contribution in [0.4, 0.5) is 17.1 Å². The smallest absolute Gasteiger partial charge is 0.293 e. The van der Waals surface area contributed by atoms with Crippen molar-refractivity contribution in [3.63, 3.8) is 0 Å². The van der Waals surface area contributed by atoms with Crippen LogP contribution in [0.1, 0.15) is 61.9 Å². The standard InChI is InChI=1S/C47H53ClN8O6S/c1-4-53-19-15-32(16-20-53)29-50-42-12-10-39(27-43(42)56(58)59)63(60,61)52-46(57)40-11-9-37(26-44(40)62-38-25-34-14-18-49-45(34)51-30-38)55-23-21-54(22-24-55)31-35-13-17-47(2,3)28-41(35)33-5-7-36(48)8-6-33/h4-12,14,18,25-27,30,32,50H,1,13,15-17,19-24,28-29,31H2,2-3H3,(H,49,51)(H,52,57). The van der Waals surface area contributed by atoms with Gasteiger partial charge in [-0.3, -0.25) is 19.8 Å². The van der Waals surface area contributed by atoms with Crippen molar-refractivity contribution in [3.05, 3.63) is 130 Å². The Labute approximate surface area is 373 Å². The van der Waals surface area contributed by atoms with Gasteiger partial charge in [-0.1, -0.05) is 49.7 Å². The van der Waals surface area contributed by atoms with Gasteiger partial charge in [0.05, 0.1) is 21.6 Å². The van der Waals surface area contributed by atoms with Crippen molar-refractivity contribution in [1.82, 2.24) is 24.5 Å². The highest BCUT2D eigenvalue weighted by Crippen LogP contribution is 2.43. The fraction of sp³-hybridized carbons (Fsp3) is 0.362. The zero-order valence-electron chi connectivity index (χ0n) is 35.6. The molecule has 2 aliphatic heterocycles. The SMILES string of the molecule is C=CN1CCC(CNc2ccc(S(=O)(=O)NC(=O)c3ccc(N4CCN(CC5=C(c6ccc(Cl)cc6)CC(C)(C)CC5)CC4)cc3Oc3cnc4[nH]ccc4c3)cc2[N+](=O)[O-])CC1. The topological polar surface area (TPSA) is 166 Å². The van der Waals surface area contributed by atoms with Gasteiger partial charge in [0.1, 0.15) is 22.8 Å². The van der Waals surface area contributed by atoms with Crippen LogP contribution in [0.3, 0.4) is 0 Å². The number of benzene rings is 3. The van der Waals surface area contributed by atoms with Gasteiger partial charge in [0.15, 0.2) is 0 Å². The van der Waals surface area contributed by atoms with E-state index in [1.165, 1.54) is 35.0 Å². The average molecular weight is 894 g/mol. The third-order valence-electron chi connectivity index (χ3n) is 12.5. The largest absolute Gasteiger partial charge is 0.455 e. The number of rotatable bonds is 14. The van der Waals surface area contributed by atoms with Gasteiger partial charge < -0.3 is 24.8 Å². The van der Waals surface area contributed by atoms with E-state index in [0.29, 0.717) is 23.9 Å². The number of fused-ring (bicyclic) bond motifs is 1. The summed E-state index contributed by atoms with van der Waals surface area (Å²) in [5, 5.41) is 16.8. The first-order valence-corrected chi connectivity index (χ1v) is 23.2. The van der Waals surface area contributed by atoms with Crippen molar-refractivity contribution in [2.24, 2.45) is 11.3 Å². The van der Waals surface area contributed by atoms with E-state index >= 15 is 0 Å². The molecule has 0 bridgehead atoms. The average Bonchev–Trinajstić information content (AvgIpc) is 3.75. The highest BCUT2D eigenvalue weighted by atomic mass is 35.5. The van der Waals surface area contributed by atoms with Crippen LogP contribution in [0, 0.1) is 21.4 Å². The number of halogens is 1. The first kappa shape index (κ1) is 43.7. The lowest BCUT2D eigenvalue weighted by molar-refractivity contribution is -0.384. The molecule has 2 fully saturated rings. The number of H-pyrrole nitrogens is 1. The number of nitrogens with zero attached hydrogens (tertiary/aromatic N) is 5. The fourth-order valence-electron chi connectivity index (χ4n) is 8.79. The molecule has 16 heteroatoms. The van der Waals surface area contributed by atoms with E-state index in [1.807, 2.05) is 24.4 Å². The first-order chi connectivity index (χ1) is 30.2. The predicted molar refractivity (Wildman–Crippen MR) is 248 cm³/mol. The normalized spacial score (nSPS) is 17.4. The van der Waals surface area contributed by atoms with Gasteiger partial charge in [0.25, 0.3) is 21.6 Å². The predicted octanol–water partition coefficient (Wildman–Crippen LogP) is 9.09. The Balaban J connectivity index is 0.992. The number of hydrogen-bond donors (Lipinski definition) is 3. The maximum absolute atomic E-state index is 14.0. The molecule has 0 unspecified atom stereocenters. The quantitative estimate of drug-likeness (QED) is 0.0719. The van der Waals surface area contributed by atoms with Crippen molar-refractivity contribution in [2.75, 3.05) is 62.6 Å². The molecular weight excluding hydrogens is 840 g/mol. The van der Waals surface area contributed by atoms with Crippen LogP contribution in [-0.2, 0) is 10.0 Å². The number of carbonyl (C=O) groups excluding carboxylic acids is 1. The summed E-state index contributed by atoms with van der Waals surface area (Å²) in [6, 6.07) is 20.5. The number of ether oxygens (including phenoxy) is 1. The van der Waals surface area contributed by atoms with E-state index in [1.54, 1.807) is 30.5 Å². The van der Waals surface area contributed by atoms with Crippen molar-refractivity contribution >= 4 is 61.2 Å².